The van der Waals surface area contributed by atoms with Gasteiger partial charge in [-0.1, -0.05) is 24.1 Å². The Labute approximate surface area is 90.6 Å². The summed E-state index contributed by atoms with van der Waals surface area (Å²) in [4.78, 5) is 11.5. The molecule has 78 valence electrons. The van der Waals surface area contributed by atoms with Crippen LogP contribution >= 0.6 is 0 Å². The maximum Gasteiger partial charge on any atom is 0.178 e. The molecular weight excluding hydrogens is 184 g/mol. The van der Waals surface area contributed by atoms with Crippen LogP contribution in [0.15, 0.2) is 35.5 Å². The minimum absolute atomic E-state index is 0.183. The number of carbonyl (C=O) groups excluding carboxylic acids is 1. The Morgan fingerprint density at radius 3 is 3.20 bits per heavy atom. The summed E-state index contributed by atoms with van der Waals surface area (Å²) in [6.07, 6.45) is 13.1. The van der Waals surface area contributed by atoms with Gasteiger partial charge in [0.1, 0.15) is 0 Å². The Kier molecular flexibility index (Phi) is 1.79. The molecule has 1 nitrogen and oxygen atoms in total. The van der Waals surface area contributed by atoms with Crippen LogP contribution in [0.3, 0.4) is 0 Å². The number of ketones is 1. The lowest BCUT2D eigenvalue weighted by Crippen LogP contribution is -2.35. The molecule has 0 spiro atoms. The first-order valence-electron chi connectivity index (χ1n) is 5.83. The lowest BCUT2D eigenvalue weighted by atomic mass is 9.58. The third-order valence-electron chi connectivity index (χ3n) is 4.27. The van der Waals surface area contributed by atoms with Crippen molar-refractivity contribution in [3.8, 4) is 0 Å². The Morgan fingerprint density at radius 1 is 1.47 bits per heavy atom. The molecule has 0 aromatic rings. The van der Waals surface area contributed by atoms with E-state index in [1.807, 2.05) is 6.08 Å². The van der Waals surface area contributed by atoms with Crippen LogP contribution in [-0.4, -0.2) is 5.78 Å². The highest BCUT2D eigenvalue weighted by atomic mass is 16.1. The van der Waals surface area contributed by atoms with Gasteiger partial charge < -0.3 is 0 Å². The van der Waals surface area contributed by atoms with Gasteiger partial charge in [-0.05, 0) is 43.9 Å². The minimum atomic E-state index is 0.183. The molecule has 0 saturated heterocycles. The van der Waals surface area contributed by atoms with Crippen LogP contribution in [0.25, 0.3) is 0 Å². The average Bonchev–Trinajstić information content (AvgIpc) is 2.24. The molecule has 15 heavy (non-hydrogen) atoms. The summed E-state index contributed by atoms with van der Waals surface area (Å²) < 4.78 is 0. The summed E-state index contributed by atoms with van der Waals surface area (Å²) in [6.45, 7) is 2.21. The van der Waals surface area contributed by atoms with E-state index in [9.17, 15) is 4.79 Å². The van der Waals surface area contributed by atoms with Crippen LogP contribution in [0.4, 0.5) is 0 Å². The molecule has 2 bridgehead atoms. The van der Waals surface area contributed by atoms with Gasteiger partial charge in [0.25, 0.3) is 0 Å². The van der Waals surface area contributed by atoms with E-state index in [-0.39, 0.29) is 11.2 Å². The molecule has 2 atom stereocenters. The van der Waals surface area contributed by atoms with Gasteiger partial charge in [0.05, 0.1) is 0 Å². The zero-order chi connectivity index (χ0) is 10.5. The molecule has 0 aromatic carbocycles. The molecule has 1 heteroatoms. The van der Waals surface area contributed by atoms with E-state index in [2.05, 4.69) is 19.1 Å². The Bertz CT molecular complexity index is 411. The topological polar surface area (TPSA) is 17.1 Å². The normalized spacial score (nSPS) is 38.2. The van der Waals surface area contributed by atoms with Crippen LogP contribution in [-0.2, 0) is 4.79 Å². The van der Waals surface area contributed by atoms with Crippen LogP contribution in [0, 0.1) is 11.3 Å². The van der Waals surface area contributed by atoms with Crippen LogP contribution in [0.5, 0.6) is 0 Å². The van der Waals surface area contributed by atoms with Crippen molar-refractivity contribution in [2.24, 2.45) is 11.3 Å². The molecule has 0 aliphatic heterocycles. The van der Waals surface area contributed by atoms with E-state index in [1.165, 1.54) is 30.4 Å². The number of allylic oxidation sites excluding steroid dienone is 6. The molecule has 3 aliphatic rings. The highest BCUT2D eigenvalue weighted by Crippen LogP contribution is 2.54. The smallest absolute Gasteiger partial charge is 0.178 e. The largest absolute Gasteiger partial charge is 0.290 e. The minimum Gasteiger partial charge on any atom is -0.290 e. The summed E-state index contributed by atoms with van der Waals surface area (Å²) in [7, 11) is 0. The second-order valence-electron chi connectivity index (χ2n) is 5.09. The van der Waals surface area contributed by atoms with Crippen molar-refractivity contribution >= 4 is 5.78 Å². The van der Waals surface area contributed by atoms with Gasteiger partial charge in [0, 0.05) is 11.3 Å². The van der Waals surface area contributed by atoms with Gasteiger partial charge in [-0.15, -0.1) is 0 Å². The molecule has 0 N–H and O–H groups in total. The highest BCUT2D eigenvalue weighted by Gasteiger charge is 2.43. The van der Waals surface area contributed by atoms with Crippen molar-refractivity contribution in [3.63, 3.8) is 0 Å². The quantitative estimate of drug-likeness (QED) is 0.549. The monoisotopic (exact) mass is 200 g/mol. The standard InChI is InChI=1S/C14H16O/c1-10-4-7-14-6-2-3-12(10)13(14)9-11(15)5-8-14/h4-5,8-9,12H,2-3,6-7H2,1H3/t12-,14+/m0/s1. The van der Waals surface area contributed by atoms with E-state index in [4.69, 9.17) is 0 Å². The second kappa shape index (κ2) is 2.94. The maximum atomic E-state index is 11.5. The lowest BCUT2D eigenvalue weighted by molar-refractivity contribution is -0.110. The van der Waals surface area contributed by atoms with Gasteiger partial charge in [0.2, 0.25) is 0 Å². The SMILES string of the molecule is CC1=CC[C@]23C=CC(=O)C=C2[C@H]1CCC3. The van der Waals surface area contributed by atoms with Crippen molar-refractivity contribution in [2.45, 2.75) is 32.6 Å². The lowest BCUT2D eigenvalue weighted by Gasteiger charge is -2.46. The van der Waals surface area contributed by atoms with E-state index in [0.717, 1.165) is 6.42 Å². The first kappa shape index (κ1) is 9.14. The molecule has 3 rings (SSSR count). The molecule has 0 heterocycles. The number of rotatable bonds is 0. The van der Waals surface area contributed by atoms with Gasteiger partial charge in [-0.3, -0.25) is 4.79 Å². The fourth-order valence-corrected chi connectivity index (χ4v) is 3.38. The summed E-state index contributed by atoms with van der Waals surface area (Å²) in [5.74, 6) is 0.739. The first-order chi connectivity index (χ1) is 7.21. The van der Waals surface area contributed by atoms with Crippen molar-refractivity contribution < 1.29 is 4.79 Å². The van der Waals surface area contributed by atoms with Crippen LogP contribution in [0.2, 0.25) is 0 Å². The molecule has 0 amide bonds. The summed E-state index contributed by atoms with van der Waals surface area (Å²) in [5, 5.41) is 0. The summed E-state index contributed by atoms with van der Waals surface area (Å²) in [5.41, 5.74) is 3.09. The molecule has 1 saturated carbocycles. The van der Waals surface area contributed by atoms with Gasteiger partial charge in [-0.2, -0.15) is 0 Å². The number of carbonyl (C=O) groups is 1. The maximum absolute atomic E-state index is 11.5. The molecular formula is C14H16O. The highest BCUT2D eigenvalue weighted by molar-refractivity contribution is 6.01. The fraction of sp³-hybridized carbons (Fsp3) is 0.500. The van der Waals surface area contributed by atoms with Crippen molar-refractivity contribution in [2.75, 3.05) is 0 Å². The van der Waals surface area contributed by atoms with Gasteiger partial charge >= 0.3 is 0 Å². The van der Waals surface area contributed by atoms with Crippen molar-refractivity contribution in [3.05, 3.63) is 35.5 Å². The Balaban J connectivity index is 2.15. The van der Waals surface area contributed by atoms with Gasteiger partial charge in [-0.25, -0.2) is 0 Å². The van der Waals surface area contributed by atoms with Crippen molar-refractivity contribution in [1.29, 1.82) is 0 Å². The third-order valence-corrected chi connectivity index (χ3v) is 4.27. The molecule has 0 radical (unpaired) electrons. The van der Waals surface area contributed by atoms with Crippen LogP contribution in [0.1, 0.15) is 32.6 Å². The van der Waals surface area contributed by atoms with Crippen molar-refractivity contribution in [1.82, 2.24) is 0 Å². The first-order valence-corrected chi connectivity index (χ1v) is 5.83. The fourth-order valence-electron chi connectivity index (χ4n) is 3.38. The molecule has 1 fully saturated rings. The van der Waals surface area contributed by atoms with Crippen LogP contribution < -0.4 is 0 Å². The molecule has 0 unspecified atom stereocenters. The molecule has 3 aliphatic carbocycles. The van der Waals surface area contributed by atoms with E-state index < -0.39 is 0 Å². The van der Waals surface area contributed by atoms with E-state index in [1.54, 1.807) is 6.08 Å². The summed E-state index contributed by atoms with van der Waals surface area (Å²) >= 11 is 0. The van der Waals surface area contributed by atoms with Gasteiger partial charge in [0.15, 0.2) is 5.78 Å². The summed E-state index contributed by atoms with van der Waals surface area (Å²) in [6, 6.07) is 0. The second-order valence-corrected chi connectivity index (χ2v) is 5.09. The average molecular weight is 200 g/mol. The Hall–Kier alpha value is -1.11. The third kappa shape index (κ3) is 1.19. The number of hydrogen-bond donors (Lipinski definition) is 0. The predicted molar refractivity (Wildman–Crippen MR) is 60.4 cm³/mol. The zero-order valence-electron chi connectivity index (χ0n) is 9.12. The van der Waals surface area contributed by atoms with E-state index in [0.29, 0.717) is 5.92 Å². The molecule has 0 aromatic heterocycles. The van der Waals surface area contributed by atoms with E-state index >= 15 is 0 Å². The number of hydrogen-bond acceptors (Lipinski definition) is 1. The zero-order valence-corrected chi connectivity index (χ0v) is 9.12. The predicted octanol–water partition coefficient (Wildman–Crippen LogP) is 3.19. The Morgan fingerprint density at radius 2 is 2.33 bits per heavy atom.